The summed E-state index contributed by atoms with van der Waals surface area (Å²) in [6.07, 6.45) is -0.0731. The molecule has 0 aliphatic heterocycles. The van der Waals surface area contributed by atoms with Crippen LogP contribution in [0, 0.1) is 0 Å². The molecular weight excluding hydrogens is 308 g/mol. The zero-order chi connectivity index (χ0) is 16.8. The van der Waals surface area contributed by atoms with Crippen LogP contribution in [0.1, 0.15) is 18.1 Å². The quantitative estimate of drug-likeness (QED) is 0.705. The molecule has 0 bridgehead atoms. The number of nitrogens with zero attached hydrogens (tertiary/aromatic N) is 2. The van der Waals surface area contributed by atoms with Crippen LogP contribution in [0.15, 0.2) is 48.5 Å². The van der Waals surface area contributed by atoms with Gasteiger partial charge < -0.3 is 9.64 Å². The highest BCUT2D eigenvalue weighted by Gasteiger charge is 2.16. The first kappa shape index (κ1) is 17.8. The van der Waals surface area contributed by atoms with E-state index in [0.29, 0.717) is 5.02 Å². The lowest BCUT2D eigenvalue weighted by Gasteiger charge is -2.27. The van der Waals surface area contributed by atoms with Crippen LogP contribution in [0.25, 0.3) is 0 Å². The Morgan fingerprint density at radius 3 is 2.30 bits per heavy atom. The Labute approximate surface area is 144 Å². The monoisotopic (exact) mass is 332 g/mol. The van der Waals surface area contributed by atoms with Crippen molar-refractivity contribution in [2.45, 2.75) is 26.2 Å². The van der Waals surface area contributed by atoms with Gasteiger partial charge in [0, 0.05) is 18.7 Å². The smallest absolute Gasteiger partial charge is 0.149 e. The van der Waals surface area contributed by atoms with Crippen molar-refractivity contribution in [2.24, 2.45) is 0 Å². The number of hydrogen-bond donors (Lipinski definition) is 0. The molecule has 3 nitrogen and oxygen atoms in total. The normalized spacial score (nSPS) is 12.7. The van der Waals surface area contributed by atoms with Gasteiger partial charge >= 0.3 is 0 Å². The molecule has 0 aromatic heterocycles. The Hall–Kier alpha value is -1.55. The first-order chi connectivity index (χ1) is 11.0. The van der Waals surface area contributed by atoms with Gasteiger partial charge in [-0.25, -0.2) is 0 Å². The molecule has 4 heteroatoms. The second-order valence-corrected chi connectivity index (χ2v) is 6.49. The van der Waals surface area contributed by atoms with Gasteiger partial charge in [0.25, 0.3) is 0 Å². The van der Waals surface area contributed by atoms with Crippen LogP contribution in [0.4, 0.5) is 0 Å². The lowest BCUT2D eigenvalue weighted by Crippen LogP contribution is -2.33. The highest BCUT2D eigenvalue weighted by Crippen LogP contribution is 2.30. The molecular formula is C19H25ClN2O. The molecule has 0 amide bonds. The third kappa shape index (κ3) is 5.24. The molecule has 2 rings (SSSR count). The maximum absolute atomic E-state index is 6.36. The van der Waals surface area contributed by atoms with Crippen LogP contribution in [0.5, 0.6) is 5.75 Å². The summed E-state index contributed by atoms with van der Waals surface area (Å²) in [7, 11) is 6.13. The maximum Gasteiger partial charge on any atom is 0.149 e. The largest absolute Gasteiger partial charge is 0.474 e. The topological polar surface area (TPSA) is 15.7 Å². The SMILES string of the molecule is CC(Oc1c(Cl)cccc1CN(C)C)N(C)Cc1ccccc1. The van der Waals surface area contributed by atoms with Gasteiger partial charge in [-0.2, -0.15) is 0 Å². The van der Waals surface area contributed by atoms with Crippen LogP contribution >= 0.6 is 11.6 Å². The third-order valence-corrected chi connectivity index (χ3v) is 4.02. The zero-order valence-electron chi connectivity index (χ0n) is 14.3. The van der Waals surface area contributed by atoms with Gasteiger partial charge in [0.2, 0.25) is 0 Å². The highest BCUT2D eigenvalue weighted by atomic mass is 35.5. The number of halogens is 1. The summed E-state index contributed by atoms with van der Waals surface area (Å²) in [6.45, 7) is 3.67. The molecule has 2 aromatic carbocycles. The fourth-order valence-electron chi connectivity index (χ4n) is 2.41. The first-order valence-corrected chi connectivity index (χ1v) is 8.18. The van der Waals surface area contributed by atoms with Crippen LogP contribution in [-0.2, 0) is 13.1 Å². The van der Waals surface area contributed by atoms with Crippen molar-refractivity contribution in [3.8, 4) is 5.75 Å². The van der Waals surface area contributed by atoms with Crippen molar-refractivity contribution >= 4 is 11.6 Å². The Bertz CT molecular complexity index is 616. The summed E-state index contributed by atoms with van der Waals surface area (Å²) in [5.41, 5.74) is 2.36. The Morgan fingerprint density at radius 1 is 0.957 bits per heavy atom. The van der Waals surface area contributed by atoms with E-state index in [-0.39, 0.29) is 6.23 Å². The van der Waals surface area contributed by atoms with E-state index in [1.807, 2.05) is 39.2 Å². The highest BCUT2D eigenvalue weighted by molar-refractivity contribution is 6.32. The van der Waals surface area contributed by atoms with E-state index in [9.17, 15) is 0 Å². The second-order valence-electron chi connectivity index (χ2n) is 6.08. The van der Waals surface area contributed by atoms with Gasteiger partial charge in [-0.15, -0.1) is 0 Å². The van der Waals surface area contributed by atoms with E-state index < -0.39 is 0 Å². The first-order valence-electron chi connectivity index (χ1n) is 7.80. The molecule has 2 aromatic rings. The fourth-order valence-corrected chi connectivity index (χ4v) is 2.65. The molecule has 1 unspecified atom stereocenters. The lowest BCUT2D eigenvalue weighted by molar-refractivity contribution is 0.0538. The number of ether oxygens (including phenoxy) is 1. The van der Waals surface area contributed by atoms with Crippen molar-refractivity contribution < 1.29 is 4.74 Å². The summed E-state index contributed by atoms with van der Waals surface area (Å²) in [5.74, 6) is 0.773. The van der Waals surface area contributed by atoms with E-state index in [2.05, 4.69) is 47.2 Å². The van der Waals surface area contributed by atoms with Crippen LogP contribution in [0.3, 0.4) is 0 Å². The molecule has 1 atom stereocenters. The van der Waals surface area contributed by atoms with Crippen molar-refractivity contribution in [2.75, 3.05) is 21.1 Å². The summed E-state index contributed by atoms with van der Waals surface area (Å²) in [6, 6.07) is 16.3. The Morgan fingerprint density at radius 2 is 1.65 bits per heavy atom. The molecule has 0 saturated heterocycles. The summed E-state index contributed by atoms with van der Waals surface area (Å²) >= 11 is 6.36. The molecule has 0 spiro atoms. The van der Waals surface area contributed by atoms with Crippen LogP contribution in [-0.4, -0.2) is 37.2 Å². The molecule has 23 heavy (non-hydrogen) atoms. The number of benzene rings is 2. The summed E-state index contributed by atoms with van der Waals surface area (Å²) in [5, 5.41) is 0.657. The number of para-hydroxylation sites is 1. The van der Waals surface area contributed by atoms with Gasteiger partial charge in [0.15, 0.2) is 0 Å². The van der Waals surface area contributed by atoms with E-state index >= 15 is 0 Å². The van der Waals surface area contributed by atoms with Gasteiger partial charge in [-0.1, -0.05) is 54.1 Å². The molecule has 0 radical (unpaired) electrons. The predicted octanol–water partition coefficient (Wildman–Crippen LogP) is 4.26. The summed E-state index contributed by atoms with van der Waals surface area (Å²) in [4.78, 5) is 4.27. The minimum atomic E-state index is -0.0731. The van der Waals surface area contributed by atoms with Crippen molar-refractivity contribution in [1.82, 2.24) is 9.80 Å². The van der Waals surface area contributed by atoms with Crippen LogP contribution in [0.2, 0.25) is 5.02 Å². The van der Waals surface area contributed by atoms with E-state index in [0.717, 1.165) is 24.4 Å². The maximum atomic E-state index is 6.36. The number of hydrogen-bond acceptors (Lipinski definition) is 3. The molecule has 0 N–H and O–H groups in total. The predicted molar refractivity (Wildman–Crippen MR) is 96.8 cm³/mol. The minimum Gasteiger partial charge on any atom is -0.474 e. The van der Waals surface area contributed by atoms with Gasteiger partial charge in [-0.05, 0) is 39.7 Å². The standard InChI is InChI=1S/C19H25ClN2O/c1-15(22(4)13-16-9-6-5-7-10-16)23-19-17(14-21(2)3)11-8-12-18(19)20/h5-12,15H,13-14H2,1-4H3. The molecule has 124 valence electrons. The minimum absolute atomic E-state index is 0.0731. The van der Waals surface area contributed by atoms with Gasteiger partial charge in [0.1, 0.15) is 12.0 Å². The average Bonchev–Trinajstić information content (AvgIpc) is 2.51. The van der Waals surface area contributed by atoms with Crippen molar-refractivity contribution in [3.05, 3.63) is 64.7 Å². The Balaban J connectivity index is 2.08. The Kier molecular flexibility index (Phi) is 6.46. The van der Waals surface area contributed by atoms with Crippen LogP contribution < -0.4 is 4.74 Å². The van der Waals surface area contributed by atoms with E-state index in [4.69, 9.17) is 16.3 Å². The number of rotatable bonds is 7. The fraction of sp³-hybridized carbons (Fsp3) is 0.368. The lowest BCUT2D eigenvalue weighted by atomic mass is 10.2. The summed E-state index contributed by atoms with van der Waals surface area (Å²) < 4.78 is 6.18. The zero-order valence-corrected chi connectivity index (χ0v) is 15.0. The third-order valence-electron chi connectivity index (χ3n) is 3.72. The van der Waals surface area contributed by atoms with E-state index in [1.54, 1.807) is 0 Å². The molecule has 0 heterocycles. The van der Waals surface area contributed by atoms with Gasteiger partial charge in [-0.3, -0.25) is 4.90 Å². The van der Waals surface area contributed by atoms with E-state index in [1.165, 1.54) is 5.56 Å². The second kappa shape index (κ2) is 8.34. The van der Waals surface area contributed by atoms with Crippen molar-refractivity contribution in [1.29, 1.82) is 0 Å². The molecule has 0 aliphatic rings. The van der Waals surface area contributed by atoms with Gasteiger partial charge in [0.05, 0.1) is 5.02 Å². The molecule has 0 fully saturated rings. The van der Waals surface area contributed by atoms with Crippen molar-refractivity contribution in [3.63, 3.8) is 0 Å². The average molecular weight is 333 g/mol. The molecule has 0 saturated carbocycles. The molecule has 0 aliphatic carbocycles.